The predicted octanol–water partition coefficient (Wildman–Crippen LogP) is 0.989. The Balaban J connectivity index is 2.56. The minimum atomic E-state index is -0.820. The van der Waals surface area contributed by atoms with Gasteiger partial charge in [-0.25, -0.2) is 0 Å². The van der Waals surface area contributed by atoms with E-state index in [1.54, 1.807) is 31.2 Å². The number of carboxylic acid groups (broad SMARTS) is 1. The fourth-order valence-corrected chi connectivity index (χ4v) is 1.26. The van der Waals surface area contributed by atoms with Crippen LogP contribution in [0, 0.1) is 0 Å². The van der Waals surface area contributed by atoms with Crippen LogP contribution in [0.25, 0.3) is 0 Å². The fraction of sp³-hybridized carbons (Fsp3) is 0.333. The van der Waals surface area contributed by atoms with Crippen LogP contribution in [-0.2, 0) is 16.0 Å². The summed E-state index contributed by atoms with van der Waals surface area (Å²) in [6.45, 7) is 1.61. The van der Waals surface area contributed by atoms with Crippen molar-refractivity contribution in [2.75, 3.05) is 5.32 Å². The molecule has 1 amide bonds. The lowest BCUT2D eigenvalue weighted by Crippen LogP contribution is -2.32. The molecule has 0 unspecified atom stereocenters. The highest BCUT2D eigenvalue weighted by atomic mass is 16.4. The number of amides is 1. The van der Waals surface area contributed by atoms with Crippen LogP contribution in [0.1, 0.15) is 18.9 Å². The number of aryl methyl sites for hydroxylation is 1. The first-order valence-electron chi connectivity index (χ1n) is 5.36. The van der Waals surface area contributed by atoms with Crippen LogP contribution >= 0.6 is 0 Å². The number of hydrogen-bond donors (Lipinski definition) is 3. The van der Waals surface area contributed by atoms with Crippen molar-refractivity contribution in [2.24, 2.45) is 5.73 Å². The van der Waals surface area contributed by atoms with E-state index in [1.807, 2.05) is 0 Å². The third kappa shape index (κ3) is 4.65. The van der Waals surface area contributed by atoms with Gasteiger partial charge in [-0.3, -0.25) is 9.59 Å². The van der Waals surface area contributed by atoms with Crippen molar-refractivity contribution < 1.29 is 14.7 Å². The SMILES string of the molecule is C[C@H](N)C(=O)Nc1ccc(CCC(=O)O)cc1. The summed E-state index contributed by atoms with van der Waals surface area (Å²) < 4.78 is 0. The van der Waals surface area contributed by atoms with E-state index in [0.717, 1.165) is 5.56 Å². The zero-order valence-electron chi connectivity index (χ0n) is 9.64. The van der Waals surface area contributed by atoms with Gasteiger partial charge in [0.2, 0.25) is 5.91 Å². The van der Waals surface area contributed by atoms with Crippen molar-refractivity contribution in [1.29, 1.82) is 0 Å². The van der Waals surface area contributed by atoms with Gasteiger partial charge in [0.15, 0.2) is 0 Å². The number of aliphatic carboxylic acids is 1. The number of nitrogens with one attached hydrogen (secondary N) is 1. The summed E-state index contributed by atoms with van der Waals surface area (Å²) in [5, 5.41) is 11.2. The molecule has 1 aromatic carbocycles. The summed E-state index contributed by atoms with van der Waals surface area (Å²) in [5.74, 6) is -1.07. The minimum Gasteiger partial charge on any atom is -0.481 e. The van der Waals surface area contributed by atoms with Gasteiger partial charge in [-0.15, -0.1) is 0 Å². The van der Waals surface area contributed by atoms with Crippen molar-refractivity contribution in [3.8, 4) is 0 Å². The highest BCUT2D eigenvalue weighted by Gasteiger charge is 2.07. The van der Waals surface area contributed by atoms with E-state index in [0.29, 0.717) is 12.1 Å². The molecule has 0 bridgehead atoms. The van der Waals surface area contributed by atoms with Crippen molar-refractivity contribution in [3.63, 3.8) is 0 Å². The maximum atomic E-state index is 11.3. The van der Waals surface area contributed by atoms with Gasteiger partial charge in [0.25, 0.3) is 0 Å². The van der Waals surface area contributed by atoms with Crippen LogP contribution in [0.4, 0.5) is 5.69 Å². The number of rotatable bonds is 5. The van der Waals surface area contributed by atoms with E-state index < -0.39 is 12.0 Å². The largest absolute Gasteiger partial charge is 0.481 e. The molecule has 1 rings (SSSR count). The molecule has 0 fully saturated rings. The maximum Gasteiger partial charge on any atom is 0.303 e. The van der Waals surface area contributed by atoms with Gasteiger partial charge in [-0.1, -0.05) is 12.1 Å². The topological polar surface area (TPSA) is 92.4 Å². The molecule has 17 heavy (non-hydrogen) atoms. The molecule has 92 valence electrons. The Kier molecular flexibility index (Phi) is 4.66. The van der Waals surface area contributed by atoms with E-state index in [2.05, 4.69) is 5.32 Å². The Morgan fingerprint density at radius 3 is 2.41 bits per heavy atom. The van der Waals surface area contributed by atoms with E-state index in [4.69, 9.17) is 10.8 Å². The average molecular weight is 236 g/mol. The summed E-state index contributed by atoms with van der Waals surface area (Å²) in [7, 11) is 0. The van der Waals surface area contributed by atoms with E-state index in [9.17, 15) is 9.59 Å². The molecule has 0 aliphatic heterocycles. The summed E-state index contributed by atoms with van der Waals surface area (Å²) in [6, 6.07) is 6.50. The van der Waals surface area contributed by atoms with Crippen LogP contribution in [-0.4, -0.2) is 23.0 Å². The minimum absolute atomic E-state index is 0.103. The van der Waals surface area contributed by atoms with E-state index >= 15 is 0 Å². The number of anilines is 1. The molecule has 1 aromatic rings. The van der Waals surface area contributed by atoms with Gasteiger partial charge in [0.05, 0.1) is 6.04 Å². The Labute approximate surface area is 99.6 Å². The quantitative estimate of drug-likeness (QED) is 0.710. The number of carbonyl (C=O) groups is 2. The highest BCUT2D eigenvalue weighted by molar-refractivity contribution is 5.94. The molecule has 0 heterocycles. The van der Waals surface area contributed by atoms with Crippen molar-refractivity contribution >= 4 is 17.6 Å². The lowest BCUT2D eigenvalue weighted by atomic mass is 10.1. The molecule has 0 aliphatic rings. The Morgan fingerprint density at radius 2 is 1.94 bits per heavy atom. The second-order valence-corrected chi connectivity index (χ2v) is 3.87. The van der Waals surface area contributed by atoms with Crippen LogP contribution in [0.15, 0.2) is 24.3 Å². The van der Waals surface area contributed by atoms with Gasteiger partial charge in [0, 0.05) is 12.1 Å². The Morgan fingerprint density at radius 1 is 1.35 bits per heavy atom. The fourth-order valence-electron chi connectivity index (χ4n) is 1.26. The van der Waals surface area contributed by atoms with Crippen LogP contribution in [0.5, 0.6) is 0 Å². The van der Waals surface area contributed by atoms with Gasteiger partial charge in [0.1, 0.15) is 0 Å². The van der Waals surface area contributed by atoms with Crippen molar-refractivity contribution in [3.05, 3.63) is 29.8 Å². The molecule has 0 aromatic heterocycles. The third-order valence-corrected chi connectivity index (χ3v) is 2.26. The molecular formula is C12H16N2O3. The first-order valence-corrected chi connectivity index (χ1v) is 5.36. The van der Waals surface area contributed by atoms with Crippen molar-refractivity contribution in [1.82, 2.24) is 0 Å². The number of carboxylic acids is 1. The summed E-state index contributed by atoms with van der Waals surface area (Å²) in [6.07, 6.45) is 0.586. The Bertz CT molecular complexity index is 399. The molecular weight excluding hydrogens is 220 g/mol. The molecule has 0 saturated carbocycles. The molecule has 0 saturated heterocycles. The normalized spacial score (nSPS) is 11.9. The third-order valence-electron chi connectivity index (χ3n) is 2.26. The smallest absolute Gasteiger partial charge is 0.303 e. The summed E-state index contributed by atoms with van der Waals surface area (Å²) >= 11 is 0. The van der Waals surface area contributed by atoms with Crippen LogP contribution < -0.4 is 11.1 Å². The standard InChI is InChI=1S/C12H16N2O3/c1-8(13)12(17)14-10-5-2-9(3-6-10)4-7-11(15)16/h2-3,5-6,8H,4,7,13H2,1H3,(H,14,17)(H,15,16)/t8-/m0/s1. The summed E-state index contributed by atoms with van der Waals surface area (Å²) in [5.41, 5.74) is 7.00. The zero-order valence-corrected chi connectivity index (χ0v) is 9.64. The van der Waals surface area contributed by atoms with Gasteiger partial charge < -0.3 is 16.2 Å². The van der Waals surface area contributed by atoms with Gasteiger partial charge in [-0.05, 0) is 31.0 Å². The predicted molar refractivity (Wildman–Crippen MR) is 64.7 cm³/mol. The second-order valence-electron chi connectivity index (χ2n) is 3.87. The first kappa shape index (κ1) is 13.2. The highest BCUT2D eigenvalue weighted by Crippen LogP contribution is 2.11. The number of hydrogen-bond acceptors (Lipinski definition) is 3. The molecule has 0 spiro atoms. The van der Waals surface area contributed by atoms with Gasteiger partial charge >= 0.3 is 5.97 Å². The lowest BCUT2D eigenvalue weighted by Gasteiger charge is -2.08. The molecule has 1 atom stereocenters. The molecule has 5 heteroatoms. The van der Waals surface area contributed by atoms with E-state index in [-0.39, 0.29) is 12.3 Å². The maximum absolute atomic E-state index is 11.3. The van der Waals surface area contributed by atoms with Crippen LogP contribution in [0.2, 0.25) is 0 Å². The van der Waals surface area contributed by atoms with Crippen LogP contribution in [0.3, 0.4) is 0 Å². The van der Waals surface area contributed by atoms with E-state index in [1.165, 1.54) is 0 Å². The zero-order chi connectivity index (χ0) is 12.8. The van der Waals surface area contributed by atoms with Gasteiger partial charge in [-0.2, -0.15) is 0 Å². The Hall–Kier alpha value is -1.88. The monoisotopic (exact) mass is 236 g/mol. The number of nitrogens with two attached hydrogens (primary N) is 1. The average Bonchev–Trinajstić information content (AvgIpc) is 2.28. The first-order chi connectivity index (χ1) is 7.99. The molecule has 4 N–H and O–H groups in total. The summed E-state index contributed by atoms with van der Waals surface area (Å²) in [4.78, 5) is 21.7. The number of carbonyl (C=O) groups excluding carboxylic acids is 1. The molecule has 5 nitrogen and oxygen atoms in total. The lowest BCUT2D eigenvalue weighted by molar-refractivity contribution is -0.137. The number of benzene rings is 1. The molecule has 0 aliphatic carbocycles. The van der Waals surface area contributed by atoms with Crippen molar-refractivity contribution in [2.45, 2.75) is 25.8 Å². The molecule has 0 radical (unpaired) electrons. The second kappa shape index (κ2) is 6.00.